The molecule has 0 saturated heterocycles. The maximum Gasteiger partial charge on any atom is 0.323 e. The summed E-state index contributed by atoms with van der Waals surface area (Å²) in [7, 11) is 1.47. The molecule has 24 heavy (non-hydrogen) atoms. The van der Waals surface area contributed by atoms with E-state index >= 15 is 0 Å². The topological polar surface area (TPSA) is 84.0 Å². The highest BCUT2D eigenvalue weighted by Gasteiger charge is 2.43. The second kappa shape index (κ2) is 10.7. The van der Waals surface area contributed by atoms with Crippen molar-refractivity contribution in [3.63, 3.8) is 0 Å². The monoisotopic (exact) mass is 339 g/mol. The normalized spacial score (nSPS) is 13.4. The molecule has 0 saturated carbocycles. The Morgan fingerprint density at radius 1 is 1.04 bits per heavy atom. The Morgan fingerprint density at radius 3 is 2.08 bits per heavy atom. The van der Waals surface area contributed by atoms with Gasteiger partial charge in [-0.05, 0) is 32.9 Å². The van der Waals surface area contributed by atoms with E-state index in [0.29, 0.717) is 5.69 Å². The molecule has 0 radical (unpaired) electrons. The van der Waals surface area contributed by atoms with E-state index in [0.717, 1.165) is 0 Å². The molecule has 134 valence electrons. The van der Waals surface area contributed by atoms with Crippen LogP contribution in [-0.2, 0) is 28.5 Å². The smallest absolute Gasteiger partial charge is 0.323 e. The summed E-state index contributed by atoms with van der Waals surface area (Å²) in [6.45, 7) is 5.69. The highest BCUT2D eigenvalue weighted by molar-refractivity contribution is 5.95. The predicted octanol–water partition coefficient (Wildman–Crippen LogP) is 1.92. The van der Waals surface area contributed by atoms with Gasteiger partial charge in [0.15, 0.2) is 5.92 Å². The quantitative estimate of drug-likeness (QED) is 0.475. The van der Waals surface area contributed by atoms with Gasteiger partial charge in [0.1, 0.15) is 12.2 Å². The van der Waals surface area contributed by atoms with E-state index in [1.165, 1.54) is 7.11 Å². The van der Waals surface area contributed by atoms with E-state index in [9.17, 15) is 9.59 Å². The van der Waals surface area contributed by atoms with Gasteiger partial charge in [0.05, 0.1) is 18.9 Å². The molecular formula is C17H25NO6. The van der Waals surface area contributed by atoms with Crippen molar-refractivity contribution < 1.29 is 28.5 Å². The summed E-state index contributed by atoms with van der Waals surface area (Å²) in [4.78, 5) is 28.9. The number of rotatable bonds is 10. The number of esters is 2. The number of aromatic nitrogens is 1. The number of carbonyl (C=O) groups excluding carboxylic acids is 2. The largest absolute Gasteiger partial charge is 0.465 e. The Morgan fingerprint density at radius 2 is 1.67 bits per heavy atom. The third-order valence-electron chi connectivity index (χ3n) is 3.30. The minimum Gasteiger partial charge on any atom is -0.465 e. The van der Waals surface area contributed by atoms with Gasteiger partial charge >= 0.3 is 11.9 Å². The fourth-order valence-electron chi connectivity index (χ4n) is 2.35. The first kappa shape index (κ1) is 20.1. The summed E-state index contributed by atoms with van der Waals surface area (Å²) in [6.07, 6.45) is -0.0216. The number of methoxy groups -OCH3 is 1. The Hall–Kier alpha value is -1.99. The average Bonchev–Trinajstić information content (AvgIpc) is 2.57. The van der Waals surface area contributed by atoms with Crippen LogP contribution < -0.4 is 0 Å². The molecule has 1 aromatic heterocycles. The molecule has 0 aromatic carbocycles. The highest BCUT2D eigenvalue weighted by Crippen LogP contribution is 2.28. The van der Waals surface area contributed by atoms with Crippen LogP contribution in [0.5, 0.6) is 0 Å². The van der Waals surface area contributed by atoms with Crippen molar-refractivity contribution in [3.05, 3.63) is 30.1 Å². The summed E-state index contributed by atoms with van der Waals surface area (Å²) < 4.78 is 21.2. The molecule has 1 aromatic rings. The first-order valence-electron chi connectivity index (χ1n) is 7.99. The summed E-state index contributed by atoms with van der Waals surface area (Å²) in [5.41, 5.74) is 0.553. The van der Waals surface area contributed by atoms with Crippen molar-refractivity contribution >= 4 is 11.9 Å². The first-order valence-corrected chi connectivity index (χ1v) is 7.99. The second-order valence-corrected chi connectivity index (χ2v) is 4.81. The summed E-state index contributed by atoms with van der Waals surface area (Å²) in [6, 6.07) is 5.30. The van der Waals surface area contributed by atoms with E-state index in [1.54, 1.807) is 45.2 Å². The molecule has 0 amide bonds. The third kappa shape index (κ3) is 5.28. The third-order valence-corrected chi connectivity index (χ3v) is 3.30. The van der Waals surface area contributed by atoms with E-state index in [1.807, 2.05) is 0 Å². The molecule has 0 fully saturated rings. The van der Waals surface area contributed by atoms with Crippen LogP contribution >= 0.6 is 0 Å². The first-order chi connectivity index (χ1) is 11.6. The summed E-state index contributed by atoms with van der Waals surface area (Å²) in [5.74, 6) is -2.66. The maximum absolute atomic E-state index is 12.3. The van der Waals surface area contributed by atoms with Gasteiger partial charge in [-0.2, -0.15) is 0 Å². The van der Waals surface area contributed by atoms with Crippen LogP contribution in [0.4, 0.5) is 0 Å². The average molecular weight is 339 g/mol. The SMILES string of the molecule is CCOC(=O)C(C(=O)OCC)C(OCC)C(OC)c1ccccn1. The van der Waals surface area contributed by atoms with E-state index < -0.39 is 30.1 Å². The van der Waals surface area contributed by atoms with Crippen molar-refractivity contribution in [2.24, 2.45) is 5.92 Å². The van der Waals surface area contributed by atoms with Gasteiger partial charge in [-0.1, -0.05) is 6.07 Å². The molecule has 2 atom stereocenters. The van der Waals surface area contributed by atoms with Crippen LogP contribution in [0.3, 0.4) is 0 Å². The number of hydrogen-bond acceptors (Lipinski definition) is 7. The fraction of sp³-hybridized carbons (Fsp3) is 0.588. The lowest BCUT2D eigenvalue weighted by molar-refractivity contribution is -0.176. The lowest BCUT2D eigenvalue weighted by Crippen LogP contribution is -2.43. The minimum absolute atomic E-state index is 0.148. The standard InChI is InChI=1S/C17H25NO6/c1-5-22-15(14(21-4)12-10-8-9-11-18-12)13(16(19)23-6-2)17(20)24-7-3/h8-11,13-15H,5-7H2,1-4H3. The van der Waals surface area contributed by atoms with Crippen molar-refractivity contribution in [1.82, 2.24) is 4.98 Å². The lowest BCUT2D eigenvalue weighted by Gasteiger charge is -2.29. The molecular weight excluding hydrogens is 314 g/mol. The minimum atomic E-state index is -1.25. The molecule has 0 N–H and O–H groups in total. The van der Waals surface area contributed by atoms with Crippen LogP contribution in [-0.4, -0.2) is 50.0 Å². The van der Waals surface area contributed by atoms with Gasteiger partial charge < -0.3 is 18.9 Å². The molecule has 0 aliphatic carbocycles. The number of carbonyl (C=O) groups is 2. The zero-order valence-electron chi connectivity index (χ0n) is 14.6. The van der Waals surface area contributed by atoms with Gasteiger partial charge in [0.2, 0.25) is 0 Å². The highest BCUT2D eigenvalue weighted by atomic mass is 16.6. The summed E-state index contributed by atoms with van der Waals surface area (Å²) >= 11 is 0. The van der Waals surface area contributed by atoms with Crippen LogP contribution in [0.25, 0.3) is 0 Å². The van der Waals surface area contributed by atoms with Crippen LogP contribution in [0.1, 0.15) is 32.6 Å². The number of hydrogen-bond donors (Lipinski definition) is 0. The zero-order valence-corrected chi connectivity index (χ0v) is 14.6. The lowest BCUT2D eigenvalue weighted by atomic mass is 9.95. The van der Waals surface area contributed by atoms with E-state index in [2.05, 4.69) is 4.98 Å². The van der Waals surface area contributed by atoms with Crippen molar-refractivity contribution in [2.75, 3.05) is 26.9 Å². The van der Waals surface area contributed by atoms with Crippen LogP contribution in [0, 0.1) is 5.92 Å². The van der Waals surface area contributed by atoms with Gasteiger partial charge in [-0.25, -0.2) is 0 Å². The Kier molecular flexibility index (Phi) is 8.96. The van der Waals surface area contributed by atoms with Gasteiger partial charge in [-0.3, -0.25) is 14.6 Å². The summed E-state index contributed by atoms with van der Waals surface area (Å²) in [5, 5.41) is 0. The molecule has 7 heteroatoms. The van der Waals surface area contributed by atoms with Crippen LogP contribution in [0.15, 0.2) is 24.4 Å². The Labute approximate surface area is 142 Å². The molecule has 1 heterocycles. The predicted molar refractivity (Wildman–Crippen MR) is 86.2 cm³/mol. The molecule has 0 bridgehead atoms. The van der Waals surface area contributed by atoms with Crippen molar-refractivity contribution in [3.8, 4) is 0 Å². The van der Waals surface area contributed by atoms with Crippen LogP contribution in [0.2, 0.25) is 0 Å². The Bertz CT molecular complexity index is 489. The van der Waals surface area contributed by atoms with E-state index in [-0.39, 0.29) is 19.8 Å². The van der Waals surface area contributed by atoms with Gasteiger partial charge in [-0.15, -0.1) is 0 Å². The second-order valence-electron chi connectivity index (χ2n) is 4.81. The Balaban J connectivity index is 3.22. The molecule has 1 rings (SSSR count). The van der Waals surface area contributed by atoms with E-state index in [4.69, 9.17) is 18.9 Å². The maximum atomic E-state index is 12.3. The molecule has 0 aliphatic rings. The number of nitrogens with zero attached hydrogens (tertiary/aromatic N) is 1. The van der Waals surface area contributed by atoms with Gasteiger partial charge in [0.25, 0.3) is 0 Å². The van der Waals surface area contributed by atoms with Crippen molar-refractivity contribution in [1.29, 1.82) is 0 Å². The molecule has 7 nitrogen and oxygen atoms in total. The zero-order chi connectivity index (χ0) is 17.9. The molecule has 0 spiro atoms. The van der Waals surface area contributed by atoms with Gasteiger partial charge in [0, 0.05) is 19.9 Å². The molecule has 2 unspecified atom stereocenters. The number of pyridine rings is 1. The number of ether oxygens (including phenoxy) is 4. The fourth-order valence-corrected chi connectivity index (χ4v) is 2.35. The van der Waals surface area contributed by atoms with Crippen molar-refractivity contribution in [2.45, 2.75) is 33.0 Å². The molecule has 0 aliphatic heterocycles.